The summed E-state index contributed by atoms with van der Waals surface area (Å²) in [5.41, 5.74) is 0. The van der Waals surface area contributed by atoms with Crippen LogP contribution in [-0.2, 0) is 28.6 Å². The van der Waals surface area contributed by atoms with Crippen molar-refractivity contribution in [3.8, 4) is 0 Å². The van der Waals surface area contributed by atoms with Crippen LogP contribution in [0.5, 0.6) is 0 Å². The van der Waals surface area contributed by atoms with E-state index < -0.39 is 6.10 Å². The van der Waals surface area contributed by atoms with Crippen LogP contribution in [0.25, 0.3) is 0 Å². The summed E-state index contributed by atoms with van der Waals surface area (Å²) in [5.74, 6) is -0.930. The Balaban J connectivity index is 4.42. The first-order valence-electron chi connectivity index (χ1n) is 34.0. The largest absolute Gasteiger partial charge is 0.462 e. The summed E-state index contributed by atoms with van der Waals surface area (Å²) in [6, 6.07) is 0. The van der Waals surface area contributed by atoms with Crippen LogP contribution >= 0.6 is 0 Å². The van der Waals surface area contributed by atoms with Gasteiger partial charge in [-0.05, 0) is 128 Å². The standard InChI is InChI=1S/C77H124O6/c1-4-7-10-13-16-19-22-25-27-29-31-33-35-36-37-38-39-40-42-43-45-47-49-52-55-58-61-64-67-70-76(79)82-73-74(72-81-75(78)69-66-63-60-57-54-51-24-21-18-15-12-9-6-3)83-77(80)71-68-65-62-59-56-53-50-48-46-44-41-34-32-30-28-26-23-20-17-14-11-8-5-2/h7-8,10-11,16-17,19-20,25-28,31-34,36-37,39-40,43-46,49,52,74H,4-6,9,12-15,18,21-24,29-30,35,38,41-42,47-48,50-51,53-73H2,1-3H3/b10-7-,11-8-,19-16-,20-17-,27-25-,28-26-,33-31-,34-32-,37-36-,40-39-,45-43-,46-44-,52-49-. The van der Waals surface area contributed by atoms with E-state index in [1.807, 2.05) is 0 Å². The highest BCUT2D eigenvalue weighted by atomic mass is 16.6. The molecule has 1 atom stereocenters. The van der Waals surface area contributed by atoms with Crippen LogP contribution < -0.4 is 0 Å². The lowest BCUT2D eigenvalue weighted by Gasteiger charge is -2.18. The molecule has 0 spiro atoms. The second-order valence-corrected chi connectivity index (χ2v) is 22.0. The molecule has 1 unspecified atom stereocenters. The number of rotatable bonds is 60. The molecule has 0 aliphatic carbocycles. The van der Waals surface area contributed by atoms with Gasteiger partial charge in [-0.3, -0.25) is 14.4 Å². The Hall–Kier alpha value is -4.97. The van der Waals surface area contributed by atoms with E-state index >= 15 is 0 Å². The van der Waals surface area contributed by atoms with Crippen LogP contribution in [0, 0.1) is 0 Å². The molecule has 0 aliphatic rings. The van der Waals surface area contributed by atoms with E-state index in [0.717, 1.165) is 167 Å². The van der Waals surface area contributed by atoms with E-state index in [1.54, 1.807) is 0 Å². The molecule has 0 radical (unpaired) electrons. The van der Waals surface area contributed by atoms with Gasteiger partial charge in [0.1, 0.15) is 13.2 Å². The smallest absolute Gasteiger partial charge is 0.306 e. The number of allylic oxidation sites excluding steroid dienone is 26. The van der Waals surface area contributed by atoms with Gasteiger partial charge in [0.05, 0.1) is 0 Å². The highest BCUT2D eigenvalue weighted by molar-refractivity contribution is 5.71. The molecule has 6 heteroatoms. The topological polar surface area (TPSA) is 78.9 Å². The number of hydrogen-bond acceptors (Lipinski definition) is 6. The fourth-order valence-electron chi connectivity index (χ4n) is 9.01. The zero-order valence-electron chi connectivity index (χ0n) is 53.7. The molecule has 83 heavy (non-hydrogen) atoms. The highest BCUT2D eigenvalue weighted by Crippen LogP contribution is 2.15. The molecule has 0 rings (SSSR count). The lowest BCUT2D eigenvalue weighted by Crippen LogP contribution is -2.30. The van der Waals surface area contributed by atoms with Crippen molar-refractivity contribution in [1.29, 1.82) is 0 Å². The fourth-order valence-corrected chi connectivity index (χ4v) is 9.01. The minimum absolute atomic E-state index is 0.0945. The van der Waals surface area contributed by atoms with E-state index in [0.29, 0.717) is 19.3 Å². The molecule has 0 saturated heterocycles. The summed E-state index contributed by atoms with van der Waals surface area (Å²) in [4.78, 5) is 38.4. The van der Waals surface area contributed by atoms with Crippen LogP contribution in [0.2, 0.25) is 0 Å². The van der Waals surface area contributed by atoms with Gasteiger partial charge >= 0.3 is 17.9 Å². The molecule has 0 aromatic carbocycles. The Kier molecular flexibility index (Phi) is 65.4. The average molecular weight is 1150 g/mol. The number of unbranched alkanes of at least 4 members (excludes halogenated alkanes) is 23. The Morgan fingerprint density at radius 3 is 0.735 bits per heavy atom. The van der Waals surface area contributed by atoms with Crippen molar-refractivity contribution in [2.75, 3.05) is 13.2 Å². The van der Waals surface area contributed by atoms with E-state index in [2.05, 4.69) is 179 Å². The molecular formula is C77H124O6. The van der Waals surface area contributed by atoms with Crippen LogP contribution in [0.4, 0.5) is 0 Å². The lowest BCUT2D eigenvalue weighted by molar-refractivity contribution is -0.167. The quantitative estimate of drug-likeness (QED) is 0.0261. The number of hydrogen-bond donors (Lipinski definition) is 0. The molecule has 0 heterocycles. The van der Waals surface area contributed by atoms with Crippen molar-refractivity contribution in [3.63, 3.8) is 0 Å². The van der Waals surface area contributed by atoms with Gasteiger partial charge in [0.25, 0.3) is 0 Å². The molecule has 468 valence electrons. The van der Waals surface area contributed by atoms with Gasteiger partial charge in [0, 0.05) is 19.3 Å². The first-order chi connectivity index (χ1) is 41.0. The van der Waals surface area contributed by atoms with Gasteiger partial charge in [0.15, 0.2) is 6.10 Å². The van der Waals surface area contributed by atoms with Gasteiger partial charge in [-0.15, -0.1) is 0 Å². The van der Waals surface area contributed by atoms with Gasteiger partial charge in [-0.25, -0.2) is 0 Å². The molecule has 0 amide bonds. The predicted octanol–water partition coefficient (Wildman–Crippen LogP) is 23.7. The van der Waals surface area contributed by atoms with Crippen LogP contribution in [0.3, 0.4) is 0 Å². The summed E-state index contributed by atoms with van der Waals surface area (Å²) in [6.45, 7) is 6.39. The van der Waals surface area contributed by atoms with E-state index in [9.17, 15) is 14.4 Å². The first kappa shape index (κ1) is 78.0. The highest BCUT2D eigenvalue weighted by Gasteiger charge is 2.19. The van der Waals surface area contributed by atoms with Crippen molar-refractivity contribution in [1.82, 2.24) is 0 Å². The van der Waals surface area contributed by atoms with Gasteiger partial charge in [0.2, 0.25) is 0 Å². The fraction of sp³-hybridized carbons (Fsp3) is 0.623. The second kappa shape index (κ2) is 69.5. The van der Waals surface area contributed by atoms with Crippen molar-refractivity contribution in [2.24, 2.45) is 0 Å². The number of ether oxygens (including phenoxy) is 3. The molecular weight excluding hydrogens is 1020 g/mol. The zero-order chi connectivity index (χ0) is 59.9. The van der Waals surface area contributed by atoms with Gasteiger partial charge in [-0.1, -0.05) is 301 Å². The van der Waals surface area contributed by atoms with Crippen molar-refractivity contribution >= 4 is 17.9 Å². The molecule has 0 N–H and O–H groups in total. The minimum atomic E-state index is -0.802. The first-order valence-corrected chi connectivity index (χ1v) is 34.0. The van der Waals surface area contributed by atoms with Gasteiger partial charge < -0.3 is 14.2 Å². The molecule has 0 bridgehead atoms. The monoisotopic (exact) mass is 1140 g/mol. The second-order valence-electron chi connectivity index (χ2n) is 22.0. The maximum Gasteiger partial charge on any atom is 0.306 e. The molecule has 0 aromatic heterocycles. The summed E-state index contributed by atoms with van der Waals surface area (Å²) in [7, 11) is 0. The lowest BCUT2D eigenvalue weighted by atomic mass is 10.0. The number of carbonyl (C=O) groups is 3. The van der Waals surface area contributed by atoms with Crippen LogP contribution in [0.1, 0.15) is 290 Å². The summed E-state index contributed by atoms with van der Waals surface area (Å²) in [6.07, 6.45) is 101. The van der Waals surface area contributed by atoms with Crippen LogP contribution in [0.15, 0.2) is 158 Å². The minimum Gasteiger partial charge on any atom is -0.462 e. The molecule has 6 nitrogen and oxygen atoms in total. The summed E-state index contributed by atoms with van der Waals surface area (Å²) in [5, 5.41) is 0. The van der Waals surface area contributed by atoms with Crippen molar-refractivity contribution in [3.05, 3.63) is 158 Å². The number of esters is 3. The Morgan fingerprint density at radius 1 is 0.253 bits per heavy atom. The summed E-state index contributed by atoms with van der Waals surface area (Å²) >= 11 is 0. The Bertz CT molecular complexity index is 1840. The summed E-state index contributed by atoms with van der Waals surface area (Å²) < 4.78 is 16.9. The Labute approximate surface area is 511 Å². The average Bonchev–Trinajstić information content (AvgIpc) is 3.49. The molecule has 0 aliphatic heterocycles. The van der Waals surface area contributed by atoms with E-state index in [1.165, 1.54) is 83.5 Å². The predicted molar refractivity (Wildman–Crippen MR) is 362 cm³/mol. The van der Waals surface area contributed by atoms with E-state index in [4.69, 9.17) is 14.2 Å². The maximum absolute atomic E-state index is 12.9. The van der Waals surface area contributed by atoms with E-state index in [-0.39, 0.29) is 31.1 Å². The third kappa shape index (κ3) is 67.7. The zero-order valence-corrected chi connectivity index (χ0v) is 53.7. The normalized spacial score (nSPS) is 13.1. The molecule has 0 aromatic rings. The Morgan fingerprint density at radius 2 is 0.470 bits per heavy atom. The van der Waals surface area contributed by atoms with Crippen molar-refractivity contribution < 1.29 is 28.6 Å². The third-order valence-corrected chi connectivity index (χ3v) is 14.0. The molecule has 0 fully saturated rings. The molecule has 0 saturated carbocycles. The third-order valence-electron chi connectivity index (χ3n) is 14.0. The maximum atomic E-state index is 12.9. The number of carbonyl (C=O) groups excluding carboxylic acids is 3. The van der Waals surface area contributed by atoms with Crippen molar-refractivity contribution in [2.45, 2.75) is 297 Å². The SMILES string of the molecule is CC/C=C\C/C=C\C/C=C\C/C=C\C/C=C\C/C=C\C/C=C\C/C=C\CCCCCCC(=O)OCC(COC(=O)CCCCCCCCCCCCCCC)OC(=O)CCCCCCCCC/C=C\C/C=C\C/C=C\C/C=C\C/C=C\CC. The van der Waals surface area contributed by atoms with Gasteiger partial charge in [-0.2, -0.15) is 0 Å². The van der Waals surface area contributed by atoms with Crippen LogP contribution in [-0.4, -0.2) is 37.2 Å².